The summed E-state index contributed by atoms with van der Waals surface area (Å²) in [5, 5.41) is 1.23. The number of nitrogens with zero attached hydrogens (tertiary/aromatic N) is 2. The lowest BCUT2D eigenvalue weighted by Gasteiger charge is -2.35. The molecule has 7 heteroatoms. The lowest BCUT2D eigenvalue weighted by atomic mass is 10.1. The Bertz CT molecular complexity index is 1160. The van der Waals surface area contributed by atoms with Crippen molar-refractivity contribution in [2.45, 2.75) is 32.1 Å². The molecule has 0 saturated carbocycles. The van der Waals surface area contributed by atoms with Crippen molar-refractivity contribution < 1.29 is 19.1 Å². The number of benzene rings is 2. The van der Waals surface area contributed by atoms with Gasteiger partial charge < -0.3 is 24.3 Å². The van der Waals surface area contributed by atoms with Gasteiger partial charge in [-0.15, -0.1) is 0 Å². The van der Waals surface area contributed by atoms with Crippen molar-refractivity contribution in [1.82, 2.24) is 14.8 Å². The number of hydrogen-bond acceptors (Lipinski definition) is 4. The Kier molecular flexibility index (Phi) is 6.70. The normalized spacial score (nSPS) is 15.9. The topological polar surface area (TPSA) is 74.9 Å². The molecule has 3 aromatic rings. The van der Waals surface area contributed by atoms with E-state index in [4.69, 9.17) is 9.47 Å². The number of rotatable bonds is 6. The van der Waals surface area contributed by atoms with E-state index >= 15 is 0 Å². The first kappa shape index (κ1) is 22.3. The van der Waals surface area contributed by atoms with E-state index in [0.717, 1.165) is 36.1 Å². The van der Waals surface area contributed by atoms with Crippen LogP contribution in [0, 0.1) is 0 Å². The number of aromatic amines is 1. The second kappa shape index (κ2) is 10.2. The molecular formula is C27H31N3O4. The van der Waals surface area contributed by atoms with Gasteiger partial charge in [-0.05, 0) is 42.2 Å². The van der Waals surface area contributed by atoms with Crippen LogP contribution in [0.4, 0.5) is 0 Å². The first-order valence-corrected chi connectivity index (χ1v) is 12.2. The summed E-state index contributed by atoms with van der Waals surface area (Å²) in [5.41, 5.74) is 3.31. The molecule has 0 radical (unpaired) electrons. The average molecular weight is 462 g/mol. The number of H-pyrrole nitrogens is 1. The molecule has 2 aliphatic rings. The van der Waals surface area contributed by atoms with E-state index in [1.165, 1.54) is 10.9 Å². The molecule has 7 nitrogen and oxygen atoms in total. The van der Waals surface area contributed by atoms with Crippen LogP contribution in [-0.2, 0) is 22.4 Å². The van der Waals surface area contributed by atoms with Gasteiger partial charge in [0.05, 0.1) is 19.6 Å². The number of piperazine rings is 1. The predicted octanol–water partition coefficient (Wildman–Crippen LogP) is 3.57. The van der Waals surface area contributed by atoms with Crippen LogP contribution in [0.25, 0.3) is 10.9 Å². The van der Waals surface area contributed by atoms with Gasteiger partial charge in [-0.1, -0.05) is 24.3 Å². The molecule has 2 aliphatic heterocycles. The summed E-state index contributed by atoms with van der Waals surface area (Å²) in [4.78, 5) is 32.6. The van der Waals surface area contributed by atoms with E-state index in [2.05, 4.69) is 17.1 Å². The number of amides is 2. The zero-order valence-electron chi connectivity index (χ0n) is 19.4. The van der Waals surface area contributed by atoms with Gasteiger partial charge in [-0.3, -0.25) is 9.59 Å². The van der Waals surface area contributed by atoms with E-state index in [-0.39, 0.29) is 11.8 Å². The summed E-state index contributed by atoms with van der Waals surface area (Å²) in [6.07, 6.45) is 5.46. The Labute approximate surface area is 199 Å². The summed E-state index contributed by atoms with van der Waals surface area (Å²) in [5.74, 6) is 1.71. The number of para-hydroxylation sites is 1. The van der Waals surface area contributed by atoms with Gasteiger partial charge in [0, 0.05) is 56.1 Å². The molecule has 1 fully saturated rings. The van der Waals surface area contributed by atoms with Crippen LogP contribution >= 0.6 is 0 Å². The van der Waals surface area contributed by atoms with Gasteiger partial charge in [-0.25, -0.2) is 0 Å². The largest absolute Gasteiger partial charge is 0.490 e. The third-order valence-electron chi connectivity index (χ3n) is 6.66. The lowest BCUT2D eigenvalue weighted by molar-refractivity contribution is -0.139. The Morgan fingerprint density at radius 3 is 2.44 bits per heavy atom. The molecule has 0 bridgehead atoms. The highest BCUT2D eigenvalue weighted by atomic mass is 16.5. The van der Waals surface area contributed by atoms with Crippen LogP contribution in [0.2, 0.25) is 0 Å². The van der Waals surface area contributed by atoms with E-state index in [1.54, 1.807) is 0 Å². The number of aryl methyl sites for hydroxylation is 1. The minimum Gasteiger partial charge on any atom is -0.490 e. The minimum atomic E-state index is 0.0842. The number of nitrogens with one attached hydrogen (secondary N) is 1. The van der Waals surface area contributed by atoms with Crippen molar-refractivity contribution in [3.8, 4) is 11.5 Å². The fraction of sp³-hybridized carbons (Fsp3) is 0.407. The second-order valence-corrected chi connectivity index (χ2v) is 8.98. The molecule has 0 spiro atoms. The molecule has 1 N–H and O–H groups in total. The Morgan fingerprint density at radius 2 is 1.62 bits per heavy atom. The van der Waals surface area contributed by atoms with Crippen LogP contribution in [0.5, 0.6) is 11.5 Å². The van der Waals surface area contributed by atoms with E-state index in [1.807, 2.05) is 46.3 Å². The van der Waals surface area contributed by atoms with E-state index in [9.17, 15) is 9.59 Å². The summed E-state index contributed by atoms with van der Waals surface area (Å²) >= 11 is 0. The van der Waals surface area contributed by atoms with Gasteiger partial charge in [0.1, 0.15) is 0 Å². The van der Waals surface area contributed by atoms with Crippen LogP contribution in [0.15, 0.2) is 48.7 Å². The number of ether oxygens (including phenoxy) is 2. The van der Waals surface area contributed by atoms with E-state index < -0.39 is 0 Å². The first-order valence-electron chi connectivity index (χ1n) is 12.2. The number of fused-ring (bicyclic) bond motifs is 2. The third-order valence-corrected chi connectivity index (χ3v) is 6.66. The molecule has 1 aromatic heterocycles. The highest BCUT2D eigenvalue weighted by molar-refractivity contribution is 5.83. The maximum atomic E-state index is 12.8. The quantitative estimate of drug-likeness (QED) is 0.609. The number of hydrogen-bond donors (Lipinski definition) is 1. The molecule has 5 rings (SSSR count). The monoisotopic (exact) mass is 461 g/mol. The maximum Gasteiger partial charge on any atom is 0.227 e. The highest BCUT2D eigenvalue weighted by Gasteiger charge is 2.24. The van der Waals surface area contributed by atoms with Gasteiger partial charge in [-0.2, -0.15) is 0 Å². The Hall–Kier alpha value is -3.48. The fourth-order valence-corrected chi connectivity index (χ4v) is 4.74. The maximum absolute atomic E-state index is 12.8. The van der Waals surface area contributed by atoms with Crippen LogP contribution in [0.1, 0.15) is 30.4 Å². The van der Waals surface area contributed by atoms with Crippen LogP contribution in [0.3, 0.4) is 0 Å². The van der Waals surface area contributed by atoms with Crippen molar-refractivity contribution in [2.24, 2.45) is 0 Å². The molecule has 2 amide bonds. The predicted molar refractivity (Wildman–Crippen MR) is 130 cm³/mol. The molecule has 1 saturated heterocycles. The summed E-state index contributed by atoms with van der Waals surface area (Å²) in [6, 6.07) is 14.0. The summed E-state index contributed by atoms with van der Waals surface area (Å²) in [6.45, 7) is 3.63. The van der Waals surface area contributed by atoms with Gasteiger partial charge in [0.2, 0.25) is 11.8 Å². The van der Waals surface area contributed by atoms with Gasteiger partial charge in [0.15, 0.2) is 11.5 Å². The van der Waals surface area contributed by atoms with Crippen molar-refractivity contribution >= 4 is 22.7 Å². The second-order valence-electron chi connectivity index (χ2n) is 8.98. The smallest absolute Gasteiger partial charge is 0.227 e. The van der Waals surface area contributed by atoms with Crippen molar-refractivity contribution in [2.75, 3.05) is 39.4 Å². The van der Waals surface area contributed by atoms with Gasteiger partial charge in [0.25, 0.3) is 0 Å². The summed E-state index contributed by atoms with van der Waals surface area (Å²) in [7, 11) is 0. The van der Waals surface area contributed by atoms with Crippen LogP contribution in [-0.4, -0.2) is 66.0 Å². The highest BCUT2D eigenvalue weighted by Crippen LogP contribution is 2.30. The number of aromatic nitrogens is 1. The van der Waals surface area contributed by atoms with Crippen molar-refractivity contribution in [1.29, 1.82) is 0 Å². The summed E-state index contributed by atoms with van der Waals surface area (Å²) < 4.78 is 11.4. The molecule has 34 heavy (non-hydrogen) atoms. The number of carbonyl (C=O) groups is 2. The average Bonchev–Trinajstić information content (AvgIpc) is 3.13. The molecule has 3 heterocycles. The zero-order chi connectivity index (χ0) is 23.3. The lowest BCUT2D eigenvalue weighted by Crippen LogP contribution is -2.51. The molecule has 0 aliphatic carbocycles. The molecule has 178 valence electrons. The van der Waals surface area contributed by atoms with Crippen molar-refractivity contribution in [3.63, 3.8) is 0 Å². The zero-order valence-corrected chi connectivity index (χ0v) is 19.4. The minimum absolute atomic E-state index is 0.0842. The van der Waals surface area contributed by atoms with E-state index in [0.29, 0.717) is 58.0 Å². The fourth-order valence-electron chi connectivity index (χ4n) is 4.74. The molecule has 0 atom stereocenters. The van der Waals surface area contributed by atoms with Crippen LogP contribution < -0.4 is 9.47 Å². The Morgan fingerprint density at radius 1 is 0.882 bits per heavy atom. The Balaban J connectivity index is 1.07. The standard InChI is InChI=1S/C27H31N3O4/c31-26(8-3-5-21-19-28-23-7-2-1-6-22(21)23)29-11-13-30(14-12-29)27(32)18-20-9-10-24-25(17-20)34-16-4-15-33-24/h1-2,6-7,9-10,17,19,28H,3-5,8,11-16,18H2. The van der Waals surface area contributed by atoms with Crippen molar-refractivity contribution in [3.05, 3.63) is 59.8 Å². The first-order chi connectivity index (χ1) is 16.7. The molecule has 0 unspecified atom stereocenters. The number of carbonyl (C=O) groups excluding carboxylic acids is 2. The van der Waals surface area contributed by atoms with Gasteiger partial charge >= 0.3 is 0 Å². The molecular weight excluding hydrogens is 430 g/mol. The third kappa shape index (κ3) is 5.03. The molecule has 2 aromatic carbocycles. The SMILES string of the molecule is O=C(CCCc1c[nH]c2ccccc12)N1CCN(C(=O)Cc2ccc3c(c2)OCCCO3)CC1.